The van der Waals surface area contributed by atoms with Gasteiger partial charge in [-0.1, -0.05) is 0 Å². The Morgan fingerprint density at radius 2 is 2.04 bits per heavy atom. The van der Waals surface area contributed by atoms with Crippen LogP contribution in [-0.4, -0.2) is 29.7 Å². The van der Waals surface area contributed by atoms with E-state index in [0.29, 0.717) is 43.4 Å². The highest BCUT2D eigenvalue weighted by Gasteiger charge is 2.42. The maximum Gasteiger partial charge on any atom is 0.257 e. The number of nitrogens with one attached hydrogen (secondary N) is 1. The molecule has 8 heteroatoms. The molecule has 0 aliphatic carbocycles. The van der Waals surface area contributed by atoms with Crippen molar-refractivity contribution in [2.75, 3.05) is 18.5 Å². The molecule has 4 heterocycles. The van der Waals surface area contributed by atoms with Crippen molar-refractivity contribution in [2.45, 2.75) is 51.9 Å². The van der Waals surface area contributed by atoms with Gasteiger partial charge in [0.15, 0.2) is 5.75 Å². The predicted octanol–water partition coefficient (Wildman–Crippen LogP) is 3.21. The Morgan fingerprint density at radius 3 is 2.79 bits per heavy atom. The highest BCUT2D eigenvalue weighted by Crippen LogP contribution is 2.48. The molecule has 0 fully saturated rings. The van der Waals surface area contributed by atoms with Crippen LogP contribution in [0.4, 0.5) is 5.00 Å². The first kappa shape index (κ1) is 19.0. The lowest BCUT2D eigenvalue weighted by molar-refractivity contribution is -0.135. The van der Waals surface area contributed by atoms with Crippen molar-refractivity contribution in [2.24, 2.45) is 5.73 Å². The number of hydrogen-bond acceptors (Lipinski definition) is 7. The molecule has 28 heavy (non-hydrogen) atoms. The number of aromatic nitrogens is 1. The topological polar surface area (TPSA) is 95.7 Å². The Kier molecular flexibility index (Phi) is 4.50. The Labute approximate surface area is 168 Å². The molecular formula is C20H25N3O4S. The highest BCUT2D eigenvalue weighted by molar-refractivity contribution is 7.16. The normalized spacial score (nSPS) is 19.0. The van der Waals surface area contributed by atoms with Gasteiger partial charge in [0.1, 0.15) is 18.2 Å². The molecular weight excluding hydrogens is 378 g/mol. The van der Waals surface area contributed by atoms with E-state index in [1.54, 1.807) is 6.20 Å². The van der Waals surface area contributed by atoms with Crippen molar-refractivity contribution in [3.63, 3.8) is 0 Å². The number of ether oxygens (including phenoxy) is 3. The largest absolute Gasteiger partial charge is 0.484 e. The number of nitrogens with zero attached hydrogens (tertiary/aromatic N) is 1. The summed E-state index contributed by atoms with van der Waals surface area (Å²) in [5, 5.41) is 4.13. The standard InChI is InChI=1S/C20H25N3O4S/c1-19(2)8-12-14(16(21)24)18(28-15(12)20(3,4)27-19)23-10-11-7-13-17(22-9-11)26-6-5-25-13/h7,9,23H,5-6,8,10H2,1-4H3,(H2,21,24). The van der Waals surface area contributed by atoms with E-state index in [-0.39, 0.29) is 5.60 Å². The average molecular weight is 404 g/mol. The quantitative estimate of drug-likeness (QED) is 0.814. The first-order chi connectivity index (χ1) is 13.2. The number of thiophene rings is 1. The number of anilines is 1. The second-order valence-electron chi connectivity index (χ2n) is 8.22. The van der Waals surface area contributed by atoms with E-state index in [9.17, 15) is 4.79 Å². The van der Waals surface area contributed by atoms with Crippen molar-refractivity contribution in [3.8, 4) is 11.6 Å². The molecule has 2 aromatic rings. The molecule has 150 valence electrons. The monoisotopic (exact) mass is 403 g/mol. The van der Waals surface area contributed by atoms with Crippen molar-refractivity contribution in [3.05, 3.63) is 33.8 Å². The van der Waals surface area contributed by atoms with E-state index in [1.807, 2.05) is 33.8 Å². The lowest BCUT2D eigenvalue weighted by Crippen LogP contribution is -2.42. The summed E-state index contributed by atoms with van der Waals surface area (Å²) in [5.74, 6) is 0.733. The zero-order valence-corrected chi connectivity index (χ0v) is 17.4. The summed E-state index contributed by atoms with van der Waals surface area (Å²) in [6, 6.07) is 1.90. The summed E-state index contributed by atoms with van der Waals surface area (Å²) in [7, 11) is 0. The number of rotatable bonds is 4. The molecule has 0 saturated carbocycles. The number of carbonyl (C=O) groups is 1. The molecule has 1 amide bonds. The zero-order chi connectivity index (χ0) is 20.1. The zero-order valence-electron chi connectivity index (χ0n) is 16.5. The summed E-state index contributed by atoms with van der Waals surface area (Å²) in [5.41, 5.74) is 7.40. The molecule has 2 aliphatic heterocycles. The molecule has 0 atom stereocenters. The number of hydrogen-bond donors (Lipinski definition) is 2. The average Bonchev–Trinajstić information content (AvgIpc) is 2.97. The van der Waals surface area contributed by atoms with Crippen molar-refractivity contribution in [1.82, 2.24) is 4.98 Å². The number of carbonyl (C=O) groups excluding carboxylic acids is 1. The van der Waals surface area contributed by atoms with Gasteiger partial charge in [-0.2, -0.15) is 0 Å². The lowest BCUT2D eigenvalue weighted by Gasteiger charge is -2.41. The summed E-state index contributed by atoms with van der Waals surface area (Å²) >= 11 is 1.53. The number of fused-ring (bicyclic) bond motifs is 2. The van der Waals surface area contributed by atoms with Crippen LogP contribution in [0.5, 0.6) is 11.6 Å². The third kappa shape index (κ3) is 3.42. The second-order valence-corrected chi connectivity index (χ2v) is 9.24. The molecule has 3 N–H and O–H groups in total. The molecule has 0 aromatic carbocycles. The van der Waals surface area contributed by atoms with E-state index < -0.39 is 11.5 Å². The minimum absolute atomic E-state index is 0.362. The van der Waals surface area contributed by atoms with E-state index in [2.05, 4.69) is 10.3 Å². The molecule has 2 aliphatic rings. The first-order valence-corrected chi connectivity index (χ1v) is 10.1. The minimum Gasteiger partial charge on any atom is -0.484 e. The van der Waals surface area contributed by atoms with Crippen molar-refractivity contribution < 1.29 is 19.0 Å². The van der Waals surface area contributed by atoms with Crippen LogP contribution < -0.4 is 20.5 Å². The second kappa shape index (κ2) is 6.63. The van der Waals surface area contributed by atoms with Gasteiger partial charge in [0.25, 0.3) is 11.8 Å². The van der Waals surface area contributed by atoms with E-state index >= 15 is 0 Å². The van der Waals surface area contributed by atoms with Crippen LogP contribution in [0, 0.1) is 0 Å². The van der Waals surface area contributed by atoms with Gasteiger partial charge in [-0.3, -0.25) is 4.79 Å². The summed E-state index contributed by atoms with van der Waals surface area (Å²) < 4.78 is 17.3. The number of pyridine rings is 1. The number of nitrogens with two attached hydrogens (primary N) is 1. The van der Waals surface area contributed by atoms with Crippen LogP contribution in [0.2, 0.25) is 0 Å². The van der Waals surface area contributed by atoms with E-state index in [4.69, 9.17) is 19.9 Å². The number of primary amides is 1. The smallest absolute Gasteiger partial charge is 0.257 e. The van der Waals surface area contributed by atoms with Gasteiger partial charge in [-0.25, -0.2) is 4.98 Å². The van der Waals surface area contributed by atoms with Gasteiger partial charge in [-0.15, -0.1) is 11.3 Å². The van der Waals surface area contributed by atoms with Crippen LogP contribution >= 0.6 is 11.3 Å². The van der Waals surface area contributed by atoms with Crippen molar-refractivity contribution in [1.29, 1.82) is 0 Å². The molecule has 0 bridgehead atoms. The third-order valence-corrected chi connectivity index (χ3v) is 6.34. The van der Waals surface area contributed by atoms with Crippen molar-refractivity contribution >= 4 is 22.2 Å². The Bertz CT molecular complexity index is 936. The van der Waals surface area contributed by atoms with Gasteiger partial charge in [0, 0.05) is 24.0 Å². The third-order valence-electron chi connectivity index (χ3n) is 4.84. The molecule has 2 aromatic heterocycles. The van der Waals surface area contributed by atoms with Crippen LogP contribution in [0.25, 0.3) is 0 Å². The Balaban J connectivity index is 1.64. The maximum absolute atomic E-state index is 12.3. The van der Waals surface area contributed by atoms with Gasteiger partial charge in [0.2, 0.25) is 0 Å². The highest BCUT2D eigenvalue weighted by atomic mass is 32.1. The van der Waals surface area contributed by atoms with Gasteiger partial charge in [-0.05, 0) is 44.9 Å². The lowest BCUT2D eigenvalue weighted by atomic mass is 9.86. The van der Waals surface area contributed by atoms with Crippen LogP contribution in [0.3, 0.4) is 0 Å². The maximum atomic E-state index is 12.3. The molecule has 0 unspecified atom stereocenters. The molecule has 0 saturated heterocycles. The molecule has 0 radical (unpaired) electrons. The fraction of sp³-hybridized carbons (Fsp3) is 0.500. The molecule has 7 nitrogen and oxygen atoms in total. The van der Waals surface area contributed by atoms with E-state index in [1.165, 1.54) is 11.3 Å². The summed E-state index contributed by atoms with van der Waals surface area (Å²) in [4.78, 5) is 17.6. The van der Waals surface area contributed by atoms with Gasteiger partial charge < -0.3 is 25.3 Å². The molecule has 0 spiro atoms. The fourth-order valence-electron chi connectivity index (χ4n) is 3.96. The fourth-order valence-corrected chi connectivity index (χ4v) is 5.22. The first-order valence-electron chi connectivity index (χ1n) is 9.31. The number of amides is 1. The van der Waals surface area contributed by atoms with Gasteiger partial charge in [0.05, 0.1) is 16.8 Å². The predicted molar refractivity (Wildman–Crippen MR) is 107 cm³/mol. The van der Waals surface area contributed by atoms with Crippen LogP contribution in [-0.2, 0) is 23.3 Å². The summed E-state index contributed by atoms with van der Waals surface area (Å²) in [6.07, 6.45) is 2.39. The SMILES string of the molecule is CC1(C)Cc2c(sc(NCc3cnc4c(c3)OCCO4)c2C(N)=O)C(C)(C)O1. The Morgan fingerprint density at radius 1 is 1.29 bits per heavy atom. The Hall–Kier alpha value is -2.32. The van der Waals surface area contributed by atoms with Crippen LogP contribution in [0.15, 0.2) is 12.3 Å². The van der Waals surface area contributed by atoms with Crippen LogP contribution in [0.1, 0.15) is 54.1 Å². The minimum atomic E-state index is -0.482. The molecule has 4 rings (SSSR count). The van der Waals surface area contributed by atoms with E-state index in [0.717, 1.165) is 21.0 Å². The summed E-state index contributed by atoms with van der Waals surface area (Å²) in [6.45, 7) is 9.65. The van der Waals surface area contributed by atoms with Gasteiger partial charge >= 0.3 is 0 Å².